The lowest BCUT2D eigenvalue weighted by Gasteiger charge is -2.25. The van der Waals surface area contributed by atoms with E-state index in [4.69, 9.17) is 10.00 Å². The topological polar surface area (TPSA) is 48.3 Å². The third-order valence-corrected chi connectivity index (χ3v) is 3.16. The fourth-order valence-corrected chi connectivity index (χ4v) is 1.97. The van der Waals surface area contributed by atoms with Crippen LogP contribution < -0.4 is 10.1 Å². The Bertz CT molecular complexity index is 420. The maximum atomic E-state index is 8.46. The van der Waals surface area contributed by atoms with Crippen LogP contribution in [0.2, 0.25) is 0 Å². The molecule has 0 heterocycles. The van der Waals surface area contributed by atoms with Crippen LogP contribution in [0, 0.1) is 17.2 Å². The maximum Gasteiger partial charge on any atom is 0.174 e. The zero-order valence-corrected chi connectivity index (χ0v) is 12.9. The fraction of sp³-hybridized carbons (Fsp3) is 0.562. The van der Waals surface area contributed by atoms with Crippen molar-refractivity contribution in [2.45, 2.75) is 26.4 Å². The van der Waals surface area contributed by atoms with Crippen molar-refractivity contribution < 1.29 is 4.74 Å². The molecule has 1 rings (SSSR count). The van der Waals surface area contributed by atoms with Crippen LogP contribution in [0.25, 0.3) is 0 Å². The summed E-state index contributed by atoms with van der Waals surface area (Å²) in [5, 5.41) is 12.1. The van der Waals surface area contributed by atoms with Crippen LogP contribution in [0.15, 0.2) is 24.3 Å². The lowest BCUT2D eigenvalue weighted by atomic mass is 10.0. The molecule has 4 nitrogen and oxygen atoms in total. The second-order valence-electron chi connectivity index (χ2n) is 5.58. The van der Waals surface area contributed by atoms with Crippen molar-refractivity contribution in [3.05, 3.63) is 29.8 Å². The molecule has 110 valence electrons. The molecule has 0 radical (unpaired) electrons. The van der Waals surface area contributed by atoms with E-state index < -0.39 is 0 Å². The standard InChI is InChI=1S/C16H25N3O/c1-13(2)16(12-19(3)4)18-11-14-5-7-15(8-6-14)20-10-9-17/h5-8,13,16,18H,10-12H2,1-4H3. The van der Waals surface area contributed by atoms with Gasteiger partial charge in [0.25, 0.3) is 0 Å². The summed E-state index contributed by atoms with van der Waals surface area (Å²) in [7, 11) is 4.19. The Morgan fingerprint density at radius 3 is 2.40 bits per heavy atom. The van der Waals surface area contributed by atoms with E-state index in [1.807, 2.05) is 30.3 Å². The zero-order chi connectivity index (χ0) is 15.0. The van der Waals surface area contributed by atoms with Gasteiger partial charge in [-0.05, 0) is 37.7 Å². The van der Waals surface area contributed by atoms with E-state index in [9.17, 15) is 0 Å². The maximum absolute atomic E-state index is 8.46. The van der Waals surface area contributed by atoms with Crippen LogP contribution in [0.3, 0.4) is 0 Å². The minimum atomic E-state index is 0.0931. The Labute approximate surface area is 122 Å². The normalized spacial score (nSPS) is 12.4. The monoisotopic (exact) mass is 275 g/mol. The molecule has 1 N–H and O–H groups in total. The predicted molar refractivity (Wildman–Crippen MR) is 81.6 cm³/mol. The first-order valence-electron chi connectivity index (χ1n) is 6.99. The fourth-order valence-electron chi connectivity index (χ4n) is 1.97. The molecule has 0 spiro atoms. The summed E-state index contributed by atoms with van der Waals surface area (Å²) in [5.74, 6) is 1.33. The van der Waals surface area contributed by atoms with Crippen molar-refractivity contribution in [1.82, 2.24) is 10.2 Å². The Balaban J connectivity index is 2.49. The van der Waals surface area contributed by atoms with Gasteiger partial charge in [-0.25, -0.2) is 0 Å². The highest BCUT2D eigenvalue weighted by atomic mass is 16.5. The number of ether oxygens (including phenoxy) is 1. The number of nitrogens with one attached hydrogen (secondary N) is 1. The lowest BCUT2D eigenvalue weighted by Crippen LogP contribution is -2.41. The van der Waals surface area contributed by atoms with Crippen molar-refractivity contribution in [2.75, 3.05) is 27.2 Å². The highest BCUT2D eigenvalue weighted by Gasteiger charge is 2.13. The average molecular weight is 275 g/mol. The highest BCUT2D eigenvalue weighted by molar-refractivity contribution is 5.27. The van der Waals surface area contributed by atoms with Gasteiger partial charge in [-0.1, -0.05) is 26.0 Å². The smallest absolute Gasteiger partial charge is 0.174 e. The molecule has 1 atom stereocenters. The number of nitrogens with zero attached hydrogens (tertiary/aromatic N) is 2. The number of likely N-dealkylation sites (N-methyl/N-ethyl adjacent to an activating group) is 1. The van der Waals surface area contributed by atoms with Gasteiger partial charge in [0.15, 0.2) is 6.61 Å². The van der Waals surface area contributed by atoms with Crippen molar-refractivity contribution >= 4 is 0 Å². The molecule has 1 unspecified atom stereocenters. The van der Waals surface area contributed by atoms with Gasteiger partial charge in [-0.2, -0.15) is 5.26 Å². The number of hydrogen-bond donors (Lipinski definition) is 1. The number of nitriles is 1. The second-order valence-corrected chi connectivity index (χ2v) is 5.58. The Kier molecular flexibility index (Phi) is 7.06. The summed E-state index contributed by atoms with van der Waals surface area (Å²) >= 11 is 0. The van der Waals surface area contributed by atoms with E-state index in [-0.39, 0.29) is 6.61 Å². The Morgan fingerprint density at radius 2 is 1.90 bits per heavy atom. The summed E-state index contributed by atoms with van der Waals surface area (Å²) in [4.78, 5) is 2.20. The molecule has 4 heteroatoms. The van der Waals surface area contributed by atoms with Gasteiger partial charge in [-0.3, -0.25) is 0 Å². The molecule has 1 aromatic rings. The Morgan fingerprint density at radius 1 is 1.25 bits per heavy atom. The van der Waals surface area contributed by atoms with Crippen LogP contribution in [0.4, 0.5) is 0 Å². The largest absolute Gasteiger partial charge is 0.479 e. The average Bonchev–Trinajstić information content (AvgIpc) is 2.41. The van der Waals surface area contributed by atoms with Crippen LogP contribution in [0.1, 0.15) is 19.4 Å². The highest BCUT2D eigenvalue weighted by Crippen LogP contribution is 2.12. The molecule has 1 aromatic carbocycles. The first-order chi connectivity index (χ1) is 9.52. The van der Waals surface area contributed by atoms with Crippen molar-refractivity contribution in [2.24, 2.45) is 5.92 Å². The van der Waals surface area contributed by atoms with Gasteiger partial charge >= 0.3 is 0 Å². The minimum absolute atomic E-state index is 0.0931. The molecule has 0 aromatic heterocycles. The molecule has 0 amide bonds. The van der Waals surface area contributed by atoms with E-state index in [1.165, 1.54) is 5.56 Å². The lowest BCUT2D eigenvalue weighted by molar-refractivity contribution is 0.288. The van der Waals surface area contributed by atoms with Gasteiger partial charge in [0, 0.05) is 19.1 Å². The van der Waals surface area contributed by atoms with E-state index in [0.717, 1.165) is 18.8 Å². The number of rotatable bonds is 8. The third-order valence-electron chi connectivity index (χ3n) is 3.16. The van der Waals surface area contributed by atoms with Gasteiger partial charge in [-0.15, -0.1) is 0 Å². The van der Waals surface area contributed by atoms with Crippen molar-refractivity contribution in [3.8, 4) is 11.8 Å². The minimum Gasteiger partial charge on any atom is -0.479 e. The Hall–Kier alpha value is -1.57. The van der Waals surface area contributed by atoms with E-state index in [1.54, 1.807) is 0 Å². The molecule has 0 aliphatic heterocycles. The molecule has 20 heavy (non-hydrogen) atoms. The molecule has 0 aliphatic rings. The summed E-state index contributed by atoms with van der Waals surface area (Å²) in [6, 6.07) is 10.3. The molecule has 0 fully saturated rings. The summed E-state index contributed by atoms with van der Waals surface area (Å²) < 4.78 is 5.24. The third kappa shape index (κ3) is 6.05. The van der Waals surface area contributed by atoms with Gasteiger partial charge in [0.1, 0.15) is 11.8 Å². The van der Waals surface area contributed by atoms with Gasteiger partial charge < -0.3 is 15.0 Å². The van der Waals surface area contributed by atoms with Crippen LogP contribution in [-0.2, 0) is 6.54 Å². The zero-order valence-electron chi connectivity index (χ0n) is 12.9. The van der Waals surface area contributed by atoms with E-state index in [2.05, 4.69) is 38.2 Å². The van der Waals surface area contributed by atoms with Gasteiger partial charge in [0.05, 0.1) is 0 Å². The first kappa shape index (κ1) is 16.5. The molecule has 0 saturated carbocycles. The summed E-state index contributed by atoms with van der Waals surface area (Å²) in [5.41, 5.74) is 1.22. The SMILES string of the molecule is CC(C)C(CN(C)C)NCc1ccc(OCC#N)cc1. The molecule has 0 saturated heterocycles. The second kappa shape index (κ2) is 8.57. The van der Waals surface area contributed by atoms with E-state index in [0.29, 0.717) is 12.0 Å². The number of benzene rings is 1. The first-order valence-corrected chi connectivity index (χ1v) is 6.99. The summed E-state index contributed by atoms with van der Waals surface area (Å²) in [6.07, 6.45) is 0. The van der Waals surface area contributed by atoms with Crippen molar-refractivity contribution in [1.29, 1.82) is 5.26 Å². The van der Waals surface area contributed by atoms with Gasteiger partial charge in [0.2, 0.25) is 0 Å². The van der Waals surface area contributed by atoms with E-state index >= 15 is 0 Å². The van der Waals surface area contributed by atoms with Crippen LogP contribution >= 0.6 is 0 Å². The molecular weight excluding hydrogens is 250 g/mol. The quantitative estimate of drug-likeness (QED) is 0.790. The predicted octanol–water partition coefficient (Wildman–Crippen LogP) is 2.26. The molecule has 0 bridgehead atoms. The number of hydrogen-bond acceptors (Lipinski definition) is 4. The van der Waals surface area contributed by atoms with Crippen LogP contribution in [0.5, 0.6) is 5.75 Å². The summed E-state index contributed by atoms with van der Waals surface area (Å²) in [6.45, 7) is 6.44. The molecule has 0 aliphatic carbocycles. The van der Waals surface area contributed by atoms with Crippen LogP contribution in [-0.4, -0.2) is 38.2 Å². The molecular formula is C16H25N3O. The van der Waals surface area contributed by atoms with Crippen molar-refractivity contribution in [3.63, 3.8) is 0 Å².